The molecule has 1 fully saturated rings. The van der Waals surface area contributed by atoms with Gasteiger partial charge >= 0.3 is 0 Å². The molecule has 1 saturated heterocycles. The second-order valence-electron chi connectivity index (χ2n) is 5.64. The first kappa shape index (κ1) is 13.0. The van der Waals surface area contributed by atoms with Crippen molar-refractivity contribution in [1.82, 2.24) is 19.4 Å². The molecule has 5 heteroatoms. The summed E-state index contributed by atoms with van der Waals surface area (Å²) in [7, 11) is 2.22. The van der Waals surface area contributed by atoms with Crippen LogP contribution >= 0.6 is 11.3 Å². The molecular weight excluding hydrogens is 280 g/mol. The van der Waals surface area contributed by atoms with E-state index in [9.17, 15) is 0 Å². The molecule has 0 amide bonds. The highest BCUT2D eigenvalue weighted by Crippen LogP contribution is 2.26. The van der Waals surface area contributed by atoms with Crippen molar-refractivity contribution in [2.45, 2.75) is 25.3 Å². The number of likely N-dealkylation sites (N-methyl/N-ethyl adjacent to an activating group) is 1. The van der Waals surface area contributed by atoms with Crippen molar-refractivity contribution < 1.29 is 0 Å². The third kappa shape index (κ3) is 2.26. The number of fused-ring (bicyclic) bond motifs is 1. The fraction of sp³-hybridized carbons (Fsp3) is 0.375. The minimum absolute atomic E-state index is 0.598. The Bertz CT molecular complexity index is 747. The number of nitrogens with zero attached hydrogens (tertiary/aromatic N) is 4. The van der Waals surface area contributed by atoms with E-state index in [-0.39, 0.29) is 0 Å². The minimum Gasteiger partial charge on any atom is -0.303 e. The number of aromatic nitrogens is 3. The molecule has 0 N–H and O–H groups in total. The zero-order valence-electron chi connectivity index (χ0n) is 12.1. The van der Waals surface area contributed by atoms with E-state index < -0.39 is 0 Å². The molecule has 3 aromatic rings. The molecule has 0 spiro atoms. The van der Waals surface area contributed by atoms with E-state index in [1.54, 1.807) is 11.3 Å². The summed E-state index contributed by atoms with van der Waals surface area (Å²) in [5.41, 5.74) is 1.96. The van der Waals surface area contributed by atoms with Crippen molar-refractivity contribution in [3.8, 4) is 5.00 Å². The van der Waals surface area contributed by atoms with Crippen molar-refractivity contribution in [3.63, 3.8) is 0 Å². The number of rotatable bonds is 3. The third-order valence-corrected chi connectivity index (χ3v) is 5.16. The van der Waals surface area contributed by atoms with Crippen LogP contribution in [0.4, 0.5) is 0 Å². The quantitative estimate of drug-likeness (QED) is 0.745. The lowest BCUT2D eigenvalue weighted by Gasteiger charge is -2.19. The molecule has 0 radical (unpaired) electrons. The molecule has 21 heavy (non-hydrogen) atoms. The molecule has 0 bridgehead atoms. The summed E-state index contributed by atoms with van der Waals surface area (Å²) >= 11 is 1.74. The summed E-state index contributed by atoms with van der Waals surface area (Å²) in [5, 5.41) is 3.31. The first-order chi connectivity index (χ1) is 10.3. The number of hydrogen-bond acceptors (Lipinski definition) is 4. The van der Waals surface area contributed by atoms with Crippen LogP contribution in [-0.2, 0) is 6.42 Å². The first-order valence-corrected chi connectivity index (χ1v) is 8.27. The predicted octanol–water partition coefficient (Wildman–Crippen LogP) is 3.12. The summed E-state index contributed by atoms with van der Waals surface area (Å²) in [6.45, 7) is 1.20. The Morgan fingerprint density at radius 1 is 1.33 bits per heavy atom. The number of thiophene rings is 1. The fourth-order valence-corrected chi connectivity index (χ4v) is 3.92. The first-order valence-electron chi connectivity index (χ1n) is 7.39. The van der Waals surface area contributed by atoms with Gasteiger partial charge in [0.05, 0.1) is 0 Å². The van der Waals surface area contributed by atoms with Crippen molar-refractivity contribution in [1.29, 1.82) is 0 Å². The SMILES string of the molecule is CN1CCCC1Cc1nc2cccnc2n1-c1cccs1. The van der Waals surface area contributed by atoms with E-state index in [4.69, 9.17) is 4.98 Å². The van der Waals surface area contributed by atoms with Gasteiger partial charge in [0.2, 0.25) is 0 Å². The smallest absolute Gasteiger partial charge is 0.165 e. The van der Waals surface area contributed by atoms with Crippen LogP contribution in [0, 0.1) is 0 Å². The molecule has 0 saturated carbocycles. The van der Waals surface area contributed by atoms with Crippen molar-refractivity contribution in [2.75, 3.05) is 13.6 Å². The van der Waals surface area contributed by atoms with Crippen molar-refractivity contribution >= 4 is 22.5 Å². The molecule has 1 aliphatic rings. The van der Waals surface area contributed by atoms with Gasteiger partial charge in [-0.25, -0.2) is 9.97 Å². The standard InChI is InChI=1S/C16H18N4S/c1-19-9-3-5-12(19)11-14-18-13-6-2-8-17-16(13)20(14)15-7-4-10-21-15/h2,4,6-8,10,12H,3,5,9,11H2,1H3. The Morgan fingerprint density at radius 3 is 3.05 bits per heavy atom. The molecule has 1 unspecified atom stereocenters. The monoisotopic (exact) mass is 298 g/mol. The van der Waals surface area contributed by atoms with Crippen molar-refractivity contribution in [3.05, 3.63) is 41.7 Å². The highest BCUT2D eigenvalue weighted by molar-refractivity contribution is 7.12. The highest BCUT2D eigenvalue weighted by Gasteiger charge is 2.24. The number of imidazole rings is 1. The largest absolute Gasteiger partial charge is 0.303 e. The van der Waals surface area contributed by atoms with Gasteiger partial charge < -0.3 is 4.90 Å². The summed E-state index contributed by atoms with van der Waals surface area (Å²) in [6, 6.07) is 8.83. The number of likely N-dealkylation sites (tertiary alicyclic amines) is 1. The molecule has 0 aromatic carbocycles. The van der Waals surface area contributed by atoms with Gasteiger partial charge in [0, 0.05) is 18.7 Å². The van der Waals surface area contributed by atoms with Crippen LogP contribution in [0.15, 0.2) is 35.8 Å². The van der Waals surface area contributed by atoms with Crippen molar-refractivity contribution in [2.24, 2.45) is 0 Å². The predicted molar refractivity (Wildman–Crippen MR) is 86.1 cm³/mol. The molecule has 3 aromatic heterocycles. The maximum atomic E-state index is 4.85. The average molecular weight is 298 g/mol. The van der Waals surface area contributed by atoms with Gasteiger partial charge in [-0.2, -0.15) is 0 Å². The lowest BCUT2D eigenvalue weighted by molar-refractivity contribution is 0.305. The van der Waals surface area contributed by atoms with Gasteiger partial charge in [-0.15, -0.1) is 11.3 Å². The zero-order valence-corrected chi connectivity index (χ0v) is 12.9. The average Bonchev–Trinajstić information content (AvgIpc) is 3.19. The molecule has 1 atom stereocenters. The van der Waals surface area contributed by atoms with Gasteiger partial charge in [-0.05, 0) is 56.1 Å². The Hall–Kier alpha value is -1.72. The summed E-state index contributed by atoms with van der Waals surface area (Å²) < 4.78 is 2.23. The Kier molecular flexibility index (Phi) is 3.24. The molecule has 1 aliphatic heterocycles. The van der Waals surface area contributed by atoms with Crippen LogP contribution in [-0.4, -0.2) is 39.1 Å². The van der Waals surface area contributed by atoms with Crippen LogP contribution in [0.1, 0.15) is 18.7 Å². The molecule has 0 aliphatic carbocycles. The van der Waals surface area contributed by atoms with Crippen LogP contribution in [0.3, 0.4) is 0 Å². The van der Waals surface area contributed by atoms with E-state index in [1.807, 2.05) is 18.3 Å². The third-order valence-electron chi connectivity index (χ3n) is 4.30. The minimum atomic E-state index is 0.598. The maximum absolute atomic E-state index is 4.85. The van der Waals surface area contributed by atoms with Gasteiger partial charge in [-0.1, -0.05) is 0 Å². The van der Waals surface area contributed by atoms with Crippen LogP contribution in [0.5, 0.6) is 0 Å². The Morgan fingerprint density at radius 2 is 2.29 bits per heavy atom. The Labute approximate surface area is 128 Å². The topological polar surface area (TPSA) is 34.0 Å². The highest BCUT2D eigenvalue weighted by atomic mass is 32.1. The van der Waals surface area contributed by atoms with Crippen LogP contribution in [0.25, 0.3) is 16.2 Å². The second-order valence-corrected chi connectivity index (χ2v) is 6.57. The summed E-state index contributed by atoms with van der Waals surface area (Å²) in [5.74, 6) is 1.13. The van der Waals surface area contributed by atoms with Gasteiger partial charge in [-0.3, -0.25) is 4.57 Å². The fourth-order valence-electron chi connectivity index (χ4n) is 3.17. The second kappa shape index (κ2) is 5.24. The lowest BCUT2D eigenvalue weighted by Crippen LogP contribution is -2.27. The van der Waals surface area contributed by atoms with E-state index in [0.717, 1.165) is 23.4 Å². The van der Waals surface area contributed by atoms with Gasteiger partial charge in [0.25, 0.3) is 0 Å². The van der Waals surface area contributed by atoms with Crippen LogP contribution in [0.2, 0.25) is 0 Å². The molecule has 108 valence electrons. The summed E-state index contributed by atoms with van der Waals surface area (Å²) in [6.07, 6.45) is 5.39. The normalized spacial score (nSPS) is 19.6. The van der Waals surface area contributed by atoms with Crippen LogP contribution < -0.4 is 0 Å². The number of hydrogen-bond donors (Lipinski definition) is 0. The lowest BCUT2D eigenvalue weighted by atomic mass is 10.1. The van der Waals surface area contributed by atoms with E-state index in [1.165, 1.54) is 24.4 Å². The molecule has 4 rings (SSSR count). The molecular formula is C16H18N4S. The maximum Gasteiger partial charge on any atom is 0.165 e. The Balaban J connectivity index is 1.82. The van der Waals surface area contributed by atoms with Gasteiger partial charge in [0.15, 0.2) is 5.65 Å². The summed E-state index contributed by atoms with van der Waals surface area (Å²) in [4.78, 5) is 11.8. The van der Waals surface area contributed by atoms with E-state index >= 15 is 0 Å². The van der Waals surface area contributed by atoms with Gasteiger partial charge in [0.1, 0.15) is 16.3 Å². The molecule has 4 heterocycles. The van der Waals surface area contributed by atoms with E-state index in [2.05, 4.69) is 39.0 Å². The zero-order chi connectivity index (χ0) is 14.2. The molecule has 4 nitrogen and oxygen atoms in total. The van der Waals surface area contributed by atoms with E-state index in [0.29, 0.717) is 6.04 Å². The number of pyridine rings is 1.